The minimum absolute atomic E-state index is 0.0275. The molecule has 0 heterocycles. The molecule has 4 rings (SSSR count). The molecule has 1 saturated carbocycles. The summed E-state index contributed by atoms with van der Waals surface area (Å²) in [4.78, 5) is 29.2. The second kappa shape index (κ2) is 15.1. The minimum atomic E-state index is -4.24. The van der Waals surface area contributed by atoms with Crippen LogP contribution in [-0.4, -0.2) is 64.5 Å². The Morgan fingerprint density at radius 3 is 2.25 bits per heavy atom. The number of nitrogens with one attached hydrogen (secondary N) is 1. The van der Waals surface area contributed by atoms with Crippen molar-refractivity contribution in [3.05, 3.63) is 83.9 Å². The first-order valence-corrected chi connectivity index (χ1v) is 16.5. The number of carbonyl (C=O) groups is 2. The maximum absolute atomic E-state index is 14.2. The van der Waals surface area contributed by atoms with Crippen LogP contribution in [0.15, 0.2) is 77.7 Å². The van der Waals surface area contributed by atoms with E-state index in [9.17, 15) is 18.0 Å². The van der Waals surface area contributed by atoms with Gasteiger partial charge in [0.15, 0.2) is 0 Å². The van der Waals surface area contributed by atoms with Crippen molar-refractivity contribution in [2.24, 2.45) is 0 Å². The lowest BCUT2D eigenvalue weighted by molar-refractivity contribution is -0.139. The normalized spacial score (nSPS) is 14.4. The van der Waals surface area contributed by atoms with Crippen LogP contribution in [0, 0.1) is 6.92 Å². The maximum Gasteiger partial charge on any atom is 0.264 e. The Balaban J connectivity index is 1.70. The number of sulfonamides is 1. The number of amides is 2. The van der Waals surface area contributed by atoms with E-state index in [1.807, 2.05) is 37.3 Å². The van der Waals surface area contributed by atoms with Crippen LogP contribution in [0.25, 0.3) is 0 Å². The standard InChI is InChI=1S/C34H43N3O6S/c1-25-15-18-30(19-16-25)44(40,41)37(31-23-29(42-3)17-20-32(31)43-4)24-33(38)36(22-21-27-11-7-5-8-12-27)26(2)34(39)35-28-13-9-6-10-14-28/h5,7-8,11-12,15-20,23,26,28H,6,9-10,13-14,21-22,24H2,1-4H3,(H,35,39)/t26-/m0/s1. The SMILES string of the molecule is COc1ccc(OC)c(N(CC(=O)N(CCc2ccccc2)[C@@H](C)C(=O)NC2CCCCC2)S(=O)(=O)c2ccc(C)cc2)c1. The molecule has 2 amide bonds. The van der Waals surface area contributed by atoms with Gasteiger partial charge in [-0.2, -0.15) is 0 Å². The molecule has 0 saturated heterocycles. The molecule has 1 fully saturated rings. The molecule has 0 aromatic heterocycles. The molecule has 44 heavy (non-hydrogen) atoms. The van der Waals surface area contributed by atoms with Gasteiger partial charge in [-0.05, 0) is 62.9 Å². The second-order valence-corrected chi connectivity index (χ2v) is 13.1. The van der Waals surface area contributed by atoms with Gasteiger partial charge in [-0.25, -0.2) is 8.42 Å². The summed E-state index contributed by atoms with van der Waals surface area (Å²) in [6.07, 6.45) is 5.60. The van der Waals surface area contributed by atoms with Crippen molar-refractivity contribution in [2.75, 3.05) is 31.6 Å². The summed E-state index contributed by atoms with van der Waals surface area (Å²) in [5.74, 6) is -0.0928. The van der Waals surface area contributed by atoms with Crippen LogP contribution in [-0.2, 0) is 26.0 Å². The van der Waals surface area contributed by atoms with E-state index >= 15 is 0 Å². The third-order valence-electron chi connectivity index (χ3n) is 8.15. The number of hydrogen-bond donors (Lipinski definition) is 1. The van der Waals surface area contributed by atoms with Gasteiger partial charge in [-0.1, -0.05) is 67.3 Å². The lowest BCUT2D eigenvalue weighted by Gasteiger charge is -2.33. The molecule has 1 aliphatic carbocycles. The van der Waals surface area contributed by atoms with Crippen LogP contribution < -0.4 is 19.1 Å². The zero-order valence-electron chi connectivity index (χ0n) is 26.0. The summed E-state index contributed by atoms with van der Waals surface area (Å²) in [6, 6.07) is 20.2. The summed E-state index contributed by atoms with van der Waals surface area (Å²) in [6.45, 7) is 3.25. The zero-order chi connectivity index (χ0) is 31.7. The fourth-order valence-corrected chi connectivity index (χ4v) is 6.90. The summed E-state index contributed by atoms with van der Waals surface area (Å²) in [5, 5.41) is 3.13. The van der Waals surface area contributed by atoms with E-state index in [4.69, 9.17) is 9.47 Å². The van der Waals surface area contributed by atoms with E-state index in [1.54, 1.807) is 31.2 Å². The summed E-state index contributed by atoms with van der Waals surface area (Å²) < 4.78 is 40.4. The van der Waals surface area contributed by atoms with E-state index in [0.29, 0.717) is 12.2 Å². The maximum atomic E-state index is 14.2. The summed E-state index contributed by atoms with van der Waals surface area (Å²) >= 11 is 0. The third-order valence-corrected chi connectivity index (χ3v) is 9.92. The fourth-order valence-electron chi connectivity index (χ4n) is 5.48. The van der Waals surface area contributed by atoms with Crippen LogP contribution in [0.3, 0.4) is 0 Å². The fraction of sp³-hybridized carbons (Fsp3) is 0.412. The highest BCUT2D eigenvalue weighted by atomic mass is 32.2. The van der Waals surface area contributed by atoms with E-state index in [0.717, 1.165) is 47.5 Å². The van der Waals surface area contributed by atoms with Crippen molar-refractivity contribution in [3.63, 3.8) is 0 Å². The molecule has 0 bridgehead atoms. The highest BCUT2D eigenvalue weighted by Crippen LogP contribution is 2.36. The monoisotopic (exact) mass is 621 g/mol. The average molecular weight is 622 g/mol. The Morgan fingerprint density at radius 1 is 0.932 bits per heavy atom. The topological polar surface area (TPSA) is 105 Å². The molecule has 0 unspecified atom stereocenters. The van der Waals surface area contributed by atoms with Gasteiger partial charge >= 0.3 is 0 Å². The van der Waals surface area contributed by atoms with E-state index in [1.165, 1.54) is 37.3 Å². The number of aryl methyl sites for hydroxylation is 1. The number of hydrogen-bond acceptors (Lipinski definition) is 6. The van der Waals surface area contributed by atoms with Gasteiger partial charge in [0.05, 0.1) is 24.8 Å². The Labute approximate surface area is 261 Å². The van der Waals surface area contributed by atoms with E-state index in [-0.39, 0.29) is 34.8 Å². The largest absolute Gasteiger partial charge is 0.497 e. The lowest BCUT2D eigenvalue weighted by atomic mass is 9.95. The molecule has 3 aromatic carbocycles. The van der Waals surface area contributed by atoms with Gasteiger partial charge in [0.25, 0.3) is 10.0 Å². The van der Waals surface area contributed by atoms with Gasteiger partial charge in [-0.15, -0.1) is 0 Å². The number of benzene rings is 3. The number of nitrogens with zero attached hydrogens (tertiary/aromatic N) is 2. The van der Waals surface area contributed by atoms with Crippen molar-refractivity contribution in [1.82, 2.24) is 10.2 Å². The number of rotatable bonds is 13. The van der Waals surface area contributed by atoms with Crippen LogP contribution >= 0.6 is 0 Å². The zero-order valence-corrected chi connectivity index (χ0v) is 26.8. The molecule has 1 atom stereocenters. The molecule has 0 aliphatic heterocycles. The summed E-state index contributed by atoms with van der Waals surface area (Å²) in [5.41, 5.74) is 2.06. The quantitative estimate of drug-likeness (QED) is 0.284. The van der Waals surface area contributed by atoms with Gasteiger partial charge < -0.3 is 19.7 Å². The minimum Gasteiger partial charge on any atom is -0.497 e. The first-order valence-electron chi connectivity index (χ1n) is 15.1. The van der Waals surface area contributed by atoms with Gasteiger partial charge in [0.1, 0.15) is 24.1 Å². The summed E-state index contributed by atoms with van der Waals surface area (Å²) in [7, 11) is -1.33. The van der Waals surface area contributed by atoms with Crippen molar-refractivity contribution >= 4 is 27.5 Å². The molecule has 9 nitrogen and oxygen atoms in total. The number of ether oxygens (including phenoxy) is 2. The predicted molar refractivity (Wildman–Crippen MR) is 172 cm³/mol. The second-order valence-electron chi connectivity index (χ2n) is 11.2. The highest BCUT2D eigenvalue weighted by Gasteiger charge is 2.34. The van der Waals surface area contributed by atoms with Crippen molar-refractivity contribution < 1.29 is 27.5 Å². The first-order chi connectivity index (χ1) is 21.1. The smallest absolute Gasteiger partial charge is 0.264 e. The predicted octanol–water partition coefficient (Wildman–Crippen LogP) is 5.12. The Kier molecular flexibility index (Phi) is 11.3. The molecule has 10 heteroatoms. The number of carbonyl (C=O) groups excluding carboxylic acids is 2. The highest BCUT2D eigenvalue weighted by molar-refractivity contribution is 7.92. The van der Waals surface area contributed by atoms with Gasteiger partial charge in [-0.3, -0.25) is 13.9 Å². The van der Waals surface area contributed by atoms with Crippen molar-refractivity contribution in [1.29, 1.82) is 0 Å². The van der Waals surface area contributed by atoms with Gasteiger partial charge in [0, 0.05) is 18.7 Å². The average Bonchev–Trinajstić information content (AvgIpc) is 3.04. The van der Waals surface area contributed by atoms with Crippen LogP contribution in [0.4, 0.5) is 5.69 Å². The van der Waals surface area contributed by atoms with Crippen LogP contribution in [0.5, 0.6) is 11.5 Å². The van der Waals surface area contributed by atoms with Gasteiger partial charge in [0.2, 0.25) is 11.8 Å². The van der Waals surface area contributed by atoms with E-state index < -0.39 is 28.5 Å². The first kappa shape index (κ1) is 32.9. The van der Waals surface area contributed by atoms with Crippen LogP contribution in [0.2, 0.25) is 0 Å². The Morgan fingerprint density at radius 2 is 1.61 bits per heavy atom. The van der Waals surface area contributed by atoms with Crippen molar-refractivity contribution in [3.8, 4) is 11.5 Å². The molecular formula is C34H43N3O6S. The van der Waals surface area contributed by atoms with E-state index in [2.05, 4.69) is 5.32 Å². The third kappa shape index (κ3) is 8.11. The molecule has 0 radical (unpaired) electrons. The molecule has 0 spiro atoms. The molecule has 236 valence electrons. The van der Waals surface area contributed by atoms with Crippen LogP contribution in [0.1, 0.15) is 50.2 Å². The Hall–Kier alpha value is -4.05. The molecule has 1 aliphatic rings. The number of anilines is 1. The molecular weight excluding hydrogens is 578 g/mol. The number of methoxy groups -OCH3 is 2. The Bertz CT molecular complexity index is 1510. The molecule has 3 aromatic rings. The van der Waals surface area contributed by atoms with Crippen molar-refractivity contribution in [2.45, 2.75) is 69.4 Å². The molecule has 1 N–H and O–H groups in total. The lowest BCUT2D eigenvalue weighted by Crippen LogP contribution is -2.53.